The highest BCUT2D eigenvalue weighted by atomic mass is 16.1. The molecular weight excluding hydrogens is 178 g/mol. The first-order valence-corrected chi connectivity index (χ1v) is 4.30. The zero-order chi connectivity index (χ0) is 10.1. The Bertz CT molecular complexity index is 492. The molecule has 1 aromatic carbocycles. The largest absolute Gasteiger partial charge is 0.322 e. The molecule has 0 aliphatic rings. The molecular formula is C10H11N3O. The topological polar surface area (TPSA) is 60.7 Å². The van der Waals surface area contributed by atoms with Crippen molar-refractivity contribution in [3.63, 3.8) is 0 Å². The SMILES string of the molecule is C=C(C)C(=O)Nc1ccc2[nH][nH]c2c1. The van der Waals surface area contributed by atoms with Crippen molar-refractivity contribution >= 4 is 22.6 Å². The third-order valence-electron chi connectivity index (χ3n) is 2.00. The number of rotatable bonds is 2. The summed E-state index contributed by atoms with van der Waals surface area (Å²) in [4.78, 5) is 11.3. The number of carbonyl (C=O) groups excluding carboxylic acids is 1. The van der Waals surface area contributed by atoms with E-state index >= 15 is 0 Å². The van der Waals surface area contributed by atoms with Crippen molar-refractivity contribution in [1.29, 1.82) is 0 Å². The maximum absolute atomic E-state index is 11.3. The van der Waals surface area contributed by atoms with Crippen LogP contribution in [0.4, 0.5) is 5.69 Å². The van der Waals surface area contributed by atoms with Gasteiger partial charge in [0.15, 0.2) is 0 Å². The monoisotopic (exact) mass is 189 g/mol. The van der Waals surface area contributed by atoms with Crippen LogP contribution in [0.15, 0.2) is 30.4 Å². The fraction of sp³-hybridized carbons (Fsp3) is 0.100. The van der Waals surface area contributed by atoms with Crippen molar-refractivity contribution in [2.24, 2.45) is 0 Å². The number of amides is 1. The van der Waals surface area contributed by atoms with Crippen LogP contribution in [0.2, 0.25) is 0 Å². The molecule has 0 unspecified atom stereocenters. The molecule has 0 atom stereocenters. The number of hydrogen-bond acceptors (Lipinski definition) is 1. The van der Waals surface area contributed by atoms with Crippen LogP contribution in [0.25, 0.3) is 11.0 Å². The Labute approximate surface area is 81.0 Å². The van der Waals surface area contributed by atoms with Gasteiger partial charge in [-0.1, -0.05) is 6.58 Å². The average molecular weight is 189 g/mol. The van der Waals surface area contributed by atoms with Gasteiger partial charge < -0.3 is 5.32 Å². The first kappa shape index (κ1) is 8.62. The molecule has 0 saturated heterocycles. The predicted molar refractivity (Wildman–Crippen MR) is 56.1 cm³/mol. The van der Waals surface area contributed by atoms with Gasteiger partial charge in [-0.15, -0.1) is 0 Å². The van der Waals surface area contributed by atoms with Gasteiger partial charge >= 0.3 is 0 Å². The summed E-state index contributed by atoms with van der Waals surface area (Å²) in [6, 6.07) is 5.61. The number of aromatic amines is 2. The summed E-state index contributed by atoms with van der Waals surface area (Å²) in [6.45, 7) is 5.24. The quantitative estimate of drug-likeness (QED) is 0.622. The summed E-state index contributed by atoms with van der Waals surface area (Å²) in [5, 5.41) is 8.56. The van der Waals surface area contributed by atoms with E-state index in [4.69, 9.17) is 0 Å². The summed E-state index contributed by atoms with van der Waals surface area (Å²) in [5.41, 5.74) is 3.30. The Morgan fingerprint density at radius 2 is 2.07 bits per heavy atom. The number of benzene rings is 1. The first-order valence-electron chi connectivity index (χ1n) is 4.30. The Hall–Kier alpha value is -1.97. The Kier molecular flexibility index (Phi) is 1.89. The minimum absolute atomic E-state index is 0.155. The summed E-state index contributed by atoms with van der Waals surface area (Å²) < 4.78 is 0. The minimum atomic E-state index is -0.155. The third kappa shape index (κ3) is 1.42. The van der Waals surface area contributed by atoms with E-state index in [2.05, 4.69) is 22.1 Å². The van der Waals surface area contributed by atoms with Crippen molar-refractivity contribution in [3.05, 3.63) is 30.4 Å². The molecule has 0 radical (unpaired) electrons. The molecule has 0 aliphatic carbocycles. The lowest BCUT2D eigenvalue weighted by atomic mass is 10.2. The van der Waals surface area contributed by atoms with E-state index in [0.29, 0.717) is 5.57 Å². The van der Waals surface area contributed by atoms with Crippen LogP contribution in [0.1, 0.15) is 6.92 Å². The van der Waals surface area contributed by atoms with Crippen molar-refractivity contribution in [2.75, 3.05) is 5.32 Å². The average Bonchev–Trinajstić information content (AvgIpc) is 2.09. The van der Waals surface area contributed by atoms with E-state index in [1.807, 2.05) is 18.2 Å². The molecule has 1 heterocycles. The van der Waals surface area contributed by atoms with Gasteiger partial charge in [0.2, 0.25) is 0 Å². The second-order valence-electron chi connectivity index (χ2n) is 3.24. The number of carbonyl (C=O) groups is 1. The van der Waals surface area contributed by atoms with Crippen molar-refractivity contribution < 1.29 is 4.79 Å². The van der Waals surface area contributed by atoms with E-state index in [-0.39, 0.29) is 5.91 Å². The zero-order valence-electron chi connectivity index (χ0n) is 7.85. The lowest BCUT2D eigenvalue weighted by Crippen LogP contribution is -2.11. The van der Waals surface area contributed by atoms with E-state index in [9.17, 15) is 4.79 Å². The fourth-order valence-corrected chi connectivity index (χ4v) is 1.14. The van der Waals surface area contributed by atoms with E-state index < -0.39 is 0 Å². The predicted octanol–water partition coefficient (Wildman–Crippen LogP) is 2.01. The van der Waals surface area contributed by atoms with Crippen LogP contribution in [-0.4, -0.2) is 16.1 Å². The van der Waals surface area contributed by atoms with Crippen LogP contribution in [-0.2, 0) is 4.79 Å². The minimum Gasteiger partial charge on any atom is -0.322 e. The van der Waals surface area contributed by atoms with Gasteiger partial charge in [0.05, 0.1) is 11.0 Å². The normalized spacial score (nSPS) is 10.4. The Morgan fingerprint density at radius 3 is 2.57 bits per heavy atom. The maximum atomic E-state index is 11.3. The van der Waals surface area contributed by atoms with E-state index in [1.165, 1.54) is 0 Å². The van der Waals surface area contributed by atoms with Crippen molar-refractivity contribution in [2.45, 2.75) is 6.92 Å². The van der Waals surface area contributed by atoms with Gasteiger partial charge in [0.1, 0.15) is 0 Å². The van der Waals surface area contributed by atoms with Gasteiger partial charge in [-0.3, -0.25) is 15.0 Å². The molecule has 4 nitrogen and oxygen atoms in total. The van der Waals surface area contributed by atoms with Crippen LogP contribution < -0.4 is 5.32 Å². The molecule has 4 heteroatoms. The Balaban J connectivity index is 2.20. The molecule has 0 spiro atoms. The van der Waals surface area contributed by atoms with Crippen LogP contribution >= 0.6 is 0 Å². The lowest BCUT2D eigenvalue weighted by molar-refractivity contribution is -0.112. The molecule has 0 aliphatic heterocycles. The molecule has 1 amide bonds. The van der Waals surface area contributed by atoms with Crippen LogP contribution in [0.3, 0.4) is 0 Å². The van der Waals surface area contributed by atoms with Gasteiger partial charge in [0, 0.05) is 11.3 Å². The molecule has 14 heavy (non-hydrogen) atoms. The van der Waals surface area contributed by atoms with E-state index in [0.717, 1.165) is 16.7 Å². The number of H-pyrrole nitrogens is 2. The summed E-state index contributed by atoms with van der Waals surface area (Å²) in [5.74, 6) is -0.155. The van der Waals surface area contributed by atoms with Crippen LogP contribution in [0, 0.1) is 0 Å². The highest BCUT2D eigenvalue weighted by Crippen LogP contribution is 2.16. The zero-order valence-corrected chi connectivity index (χ0v) is 7.85. The molecule has 2 rings (SSSR count). The second-order valence-corrected chi connectivity index (χ2v) is 3.24. The number of anilines is 1. The summed E-state index contributed by atoms with van der Waals surface area (Å²) in [6.07, 6.45) is 0. The Morgan fingerprint density at radius 1 is 1.36 bits per heavy atom. The van der Waals surface area contributed by atoms with Crippen LogP contribution in [0.5, 0.6) is 0 Å². The highest BCUT2D eigenvalue weighted by Gasteiger charge is 2.04. The number of aromatic nitrogens is 2. The smallest absolute Gasteiger partial charge is 0.250 e. The number of nitrogens with one attached hydrogen (secondary N) is 3. The molecule has 2 aromatic rings. The summed E-state index contributed by atoms with van der Waals surface area (Å²) in [7, 11) is 0. The first-order chi connectivity index (χ1) is 6.66. The van der Waals surface area contributed by atoms with Gasteiger partial charge in [0.25, 0.3) is 5.91 Å². The molecule has 0 fully saturated rings. The van der Waals surface area contributed by atoms with E-state index in [1.54, 1.807) is 6.92 Å². The lowest BCUT2D eigenvalue weighted by Gasteiger charge is -2.08. The van der Waals surface area contributed by atoms with Crippen molar-refractivity contribution in [3.8, 4) is 0 Å². The third-order valence-corrected chi connectivity index (χ3v) is 2.00. The van der Waals surface area contributed by atoms with Gasteiger partial charge in [-0.2, -0.15) is 0 Å². The van der Waals surface area contributed by atoms with Crippen molar-refractivity contribution in [1.82, 2.24) is 10.2 Å². The second kappa shape index (κ2) is 3.06. The number of hydrogen-bond donors (Lipinski definition) is 3. The molecule has 0 bridgehead atoms. The van der Waals surface area contributed by atoms with Gasteiger partial charge in [-0.05, 0) is 25.1 Å². The molecule has 0 saturated carbocycles. The molecule has 3 N–H and O–H groups in total. The number of fused-ring (bicyclic) bond motifs is 1. The molecule has 72 valence electrons. The standard InChI is InChI=1S/C10H11N3O/c1-6(2)10(14)11-7-3-4-8-9(5-7)13-12-8/h3-5,12-13H,1H2,2H3,(H,11,14). The fourth-order valence-electron chi connectivity index (χ4n) is 1.14. The van der Waals surface area contributed by atoms with Gasteiger partial charge in [-0.25, -0.2) is 0 Å². The molecule has 1 aromatic heterocycles. The summed E-state index contributed by atoms with van der Waals surface area (Å²) >= 11 is 0. The maximum Gasteiger partial charge on any atom is 0.250 e. The highest BCUT2D eigenvalue weighted by molar-refractivity contribution is 6.03.